The van der Waals surface area contributed by atoms with Crippen molar-refractivity contribution in [2.24, 2.45) is 0 Å². The quantitative estimate of drug-likeness (QED) is 0.850. The second kappa shape index (κ2) is 7.36. The molecule has 0 amide bonds. The Kier molecular flexibility index (Phi) is 5.01. The fourth-order valence-electron chi connectivity index (χ4n) is 2.78. The molecular weight excluding hydrogens is 274 g/mol. The Morgan fingerprint density at radius 3 is 2.55 bits per heavy atom. The molecule has 0 bridgehead atoms. The van der Waals surface area contributed by atoms with Gasteiger partial charge in [-0.15, -0.1) is 0 Å². The number of piperidine rings is 1. The summed E-state index contributed by atoms with van der Waals surface area (Å²) in [5.41, 5.74) is 2.46. The van der Waals surface area contributed by atoms with Gasteiger partial charge >= 0.3 is 0 Å². The average Bonchev–Trinajstić information content (AvgIpc) is 2.58. The molecule has 4 nitrogen and oxygen atoms in total. The van der Waals surface area contributed by atoms with Gasteiger partial charge in [0.25, 0.3) is 0 Å². The fraction of sp³-hybridized carbons (Fsp3) is 0.444. The van der Waals surface area contributed by atoms with Gasteiger partial charge in [0.1, 0.15) is 11.9 Å². The Balaban J connectivity index is 1.47. The van der Waals surface area contributed by atoms with Crippen molar-refractivity contribution >= 4 is 0 Å². The van der Waals surface area contributed by atoms with E-state index in [1.807, 2.05) is 18.3 Å². The largest absolute Gasteiger partial charge is 0.490 e. The Bertz CT molecular complexity index is 563. The second-order valence-corrected chi connectivity index (χ2v) is 5.79. The van der Waals surface area contributed by atoms with Crippen molar-refractivity contribution in [3.63, 3.8) is 0 Å². The molecular formula is C18H23N3O. The maximum absolute atomic E-state index is 6.00. The summed E-state index contributed by atoms with van der Waals surface area (Å²) in [5.74, 6) is 0.922. The highest BCUT2D eigenvalue weighted by Gasteiger charge is 2.20. The third-order valence-corrected chi connectivity index (χ3v) is 4.17. The highest BCUT2D eigenvalue weighted by atomic mass is 16.5. The van der Waals surface area contributed by atoms with E-state index in [0.717, 1.165) is 50.3 Å². The first-order valence-electron chi connectivity index (χ1n) is 8.06. The Morgan fingerprint density at radius 1 is 1.14 bits per heavy atom. The molecule has 0 aromatic carbocycles. The summed E-state index contributed by atoms with van der Waals surface area (Å²) in [7, 11) is 0. The van der Waals surface area contributed by atoms with Crippen LogP contribution in [0.15, 0.2) is 42.9 Å². The van der Waals surface area contributed by atoms with E-state index in [0.29, 0.717) is 6.10 Å². The maximum atomic E-state index is 6.00. The number of aromatic nitrogens is 2. The minimum atomic E-state index is 0.314. The summed E-state index contributed by atoms with van der Waals surface area (Å²) >= 11 is 0. The molecule has 4 heteroatoms. The highest BCUT2D eigenvalue weighted by Crippen LogP contribution is 2.19. The van der Waals surface area contributed by atoms with Gasteiger partial charge in [-0.05, 0) is 43.0 Å². The first-order valence-corrected chi connectivity index (χ1v) is 8.06. The van der Waals surface area contributed by atoms with Gasteiger partial charge in [0, 0.05) is 38.2 Å². The predicted octanol–water partition coefficient (Wildman–Crippen LogP) is 3.08. The van der Waals surface area contributed by atoms with Gasteiger partial charge in [0.05, 0.1) is 5.69 Å². The Labute approximate surface area is 132 Å². The first kappa shape index (κ1) is 15.0. The van der Waals surface area contributed by atoms with Gasteiger partial charge in [-0.3, -0.25) is 14.9 Å². The van der Waals surface area contributed by atoms with Crippen LogP contribution >= 0.6 is 0 Å². The highest BCUT2D eigenvalue weighted by molar-refractivity contribution is 5.17. The van der Waals surface area contributed by atoms with Crippen LogP contribution in [-0.4, -0.2) is 34.1 Å². The summed E-state index contributed by atoms with van der Waals surface area (Å²) in [5, 5.41) is 0. The normalized spacial score (nSPS) is 16.6. The molecule has 0 spiro atoms. The van der Waals surface area contributed by atoms with E-state index in [4.69, 9.17) is 4.74 Å². The van der Waals surface area contributed by atoms with Crippen molar-refractivity contribution in [3.8, 4) is 5.75 Å². The molecule has 2 aromatic heterocycles. The van der Waals surface area contributed by atoms with E-state index in [1.54, 1.807) is 12.4 Å². The molecule has 116 valence electrons. The number of pyridine rings is 2. The predicted molar refractivity (Wildman–Crippen MR) is 86.8 cm³/mol. The average molecular weight is 297 g/mol. The van der Waals surface area contributed by atoms with Crippen LogP contribution in [0.3, 0.4) is 0 Å². The number of rotatable bonds is 5. The lowest BCUT2D eigenvalue weighted by Crippen LogP contribution is -2.37. The van der Waals surface area contributed by atoms with Gasteiger partial charge in [-0.25, -0.2) is 0 Å². The van der Waals surface area contributed by atoms with E-state index >= 15 is 0 Å². The van der Waals surface area contributed by atoms with Crippen LogP contribution in [0.25, 0.3) is 0 Å². The molecule has 1 saturated heterocycles. The van der Waals surface area contributed by atoms with Crippen LogP contribution in [0.5, 0.6) is 5.75 Å². The SMILES string of the molecule is CCc1ccc(CN2CCC(Oc3ccncc3)CC2)nc1. The molecule has 2 aromatic rings. The number of likely N-dealkylation sites (tertiary alicyclic amines) is 1. The minimum Gasteiger partial charge on any atom is -0.490 e. The molecule has 0 N–H and O–H groups in total. The van der Waals surface area contributed by atoms with Gasteiger partial charge in [0.15, 0.2) is 0 Å². The first-order chi connectivity index (χ1) is 10.8. The van der Waals surface area contributed by atoms with E-state index in [-0.39, 0.29) is 0 Å². The summed E-state index contributed by atoms with van der Waals surface area (Å²) in [6, 6.07) is 8.18. The monoisotopic (exact) mass is 297 g/mol. The molecule has 0 unspecified atom stereocenters. The molecule has 3 heterocycles. The molecule has 0 radical (unpaired) electrons. The van der Waals surface area contributed by atoms with Gasteiger partial charge in [-0.2, -0.15) is 0 Å². The van der Waals surface area contributed by atoms with Crippen LogP contribution in [0.1, 0.15) is 31.0 Å². The third kappa shape index (κ3) is 4.04. The van der Waals surface area contributed by atoms with E-state index in [2.05, 4.69) is 33.9 Å². The van der Waals surface area contributed by atoms with Gasteiger partial charge in [-0.1, -0.05) is 13.0 Å². The van der Waals surface area contributed by atoms with Crippen molar-refractivity contribution in [3.05, 3.63) is 54.1 Å². The molecule has 0 aliphatic carbocycles. The lowest BCUT2D eigenvalue weighted by Gasteiger charge is -2.31. The van der Waals surface area contributed by atoms with Crippen molar-refractivity contribution in [2.75, 3.05) is 13.1 Å². The van der Waals surface area contributed by atoms with E-state index in [1.165, 1.54) is 5.56 Å². The molecule has 0 atom stereocenters. The van der Waals surface area contributed by atoms with E-state index in [9.17, 15) is 0 Å². The number of aryl methyl sites for hydroxylation is 1. The molecule has 3 rings (SSSR count). The van der Waals surface area contributed by atoms with Crippen molar-refractivity contribution in [1.82, 2.24) is 14.9 Å². The van der Waals surface area contributed by atoms with Crippen LogP contribution in [0.4, 0.5) is 0 Å². The Morgan fingerprint density at radius 2 is 1.91 bits per heavy atom. The fourth-order valence-corrected chi connectivity index (χ4v) is 2.78. The van der Waals surface area contributed by atoms with Gasteiger partial charge in [0.2, 0.25) is 0 Å². The van der Waals surface area contributed by atoms with Crippen LogP contribution < -0.4 is 4.74 Å². The van der Waals surface area contributed by atoms with Crippen molar-refractivity contribution in [2.45, 2.75) is 38.8 Å². The zero-order valence-electron chi connectivity index (χ0n) is 13.1. The maximum Gasteiger partial charge on any atom is 0.122 e. The summed E-state index contributed by atoms with van der Waals surface area (Å²) in [4.78, 5) is 11.0. The number of nitrogens with zero attached hydrogens (tertiary/aromatic N) is 3. The summed E-state index contributed by atoms with van der Waals surface area (Å²) in [6.07, 6.45) is 9.03. The second-order valence-electron chi connectivity index (χ2n) is 5.79. The standard InChI is InChI=1S/C18H23N3O/c1-2-15-3-4-16(20-13-15)14-21-11-7-18(8-12-21)22-17-5-9-19-10-6-17/h3-6,9-10,13,18H,2,7-8,11-12,14H2,1H3. The molecule has 1 fully saturated rings. The molecule has 1 aliphatic heterocycles. The zero-order valence-corrected chi connectivity index (χ0v) is 13.1. The molecule has 0 saturated carbocycles. The number of hydrogen-bond acceptors (Lipinski definition) is 4. The lowest BCUT2D eigenvalue weighted by molar-refractivity contribution is 0.0960. The zero-order chi connectivity index (χ0) is 15.2. The smallest absolute Gasteiger partial charge is 0.122 e. The minimum absolute atomic E-state index is 0.314. The topological polar surface area (TPSA) is 38.2 Å². The van der Waals surface area contributed by atoms with Crippen LogP contribution in [0.2, 0.25) is 0 Å². The number of ether oxygens (including phenoxy) is 1. The molecule has 22 heavy (non-hydrogen) atoms. The lowest BCUT2D eigenvalue weighted by atomic mass is 10.1. The van der Waals surface area contributed by atoms with Crippen LogP contribution in [0, 0.1) is 0 Å². The Hall–Kier alpha value is -1.94. The van der Waals surface area contributed by atoms with Crippen molar-refractivity contribution in [1.29, 1.82) is 0 Å². The van der Waals surface area contributed by atoms with Crippen LogP contribution in [-0.2, 0) is 13.0 Å². The number of hydrogen-bond donors (Lipinski definition) is 0. The summed E-state index contributed by atoms with van der Waals surface area (Å²) in [6.45, 7) is 5.22. The molecule has 1 aliphatic rings. The van der Waals surface area contributed by atoms with Gasteiger partial charge < -0.3 is 4.74 Å². The summed E-state index contributed by atoms with van der Waals surface area (Å²) < 4.78 is 6.00. The van der Waals surface area contributed by atoms with Crippen molar-refractivity contribution < 1.29 is 4.74 Å². The van der Waals surface area contributed by atoms with E-state index < -0.39 is 0 Å². The third-order valence-electron chi connectivity index (χ3n) is 4.17.